The molecule has 1 atom stereocenters. The van der Waals surface area contributed by atoms with E-state index >= 15 is 0 Å². The number of aromatic nitrogens is 3. The van der Waals surface area contributed by atoms with Crippen molar-refractivity contribution in [3.8, 4) is 0 Å². The van der Waals surface area contributed by atoms with Crippen LogP contribution in [0.1, 0.15) is 19.3 Å². The third-order valence-electron chi connectivity index (χ3n) is 3.91. The molecule has 0 bridgehead atoms. The van der Waals surface area contributed by atoms with Crippen LogP contribution in [0.25, 0.3) is 11.0 Å². The molecule has 1 fully saturated rings. The lowest BCUT2D eigenvalue weighted by molar-refractivity contribution is -0.196. The monoisotopic (exact) mass is 312 g/mol. The lowest BCUT2D eigenvalue weighted by atomic mass is 10.0. The van der Waals surface area contributed by atoms with E-state index in [1.807, 2.05) is 0 Å². The number of carbonyl (C=O) groups is 1. The number of piperidine rings is 1. The van der Waals surface area contributed by atoms with Crippen LogP contribution in [0.5, 0.6) is 0 Å². The zero-order chi connectivity index (χ0) is 15.7. The average molecular weight is 312 g/mol. The standard InChI is InChI=1S/C14H15F3N4O/c15-14(16,17)12-7-3-4-8-20(12)13(22)9-21-11-6-2-1-5-10(11)18-19-21/h1-2,5-6,12H,3-4,7-9H2. The van der Waals surface area contributed by atoms with Gasteiger partial charge in [-0.2, -0.15) is 13.2 Å². The Morgan fingerprint density at radius 1 is 1.27 bits per heavy atom. The molecule has 5 nitrogen and oxygen atoms in total. The number of benzene rings is 1. The van der Waals surface area contributed by atoms with Crippen LogP contribution >= 0.6 is 0 Å². The fourth-order valence-electron chi connectivity index (χ4n) is 2.82. The minimum atomic E-state index is -4.39. The first-order chi connectivity index (χ1) is 10.5. The van der Waals surface area contributed by atoms with Crippen LogP contribution in [0.15, 0.2) is 24.3 Å². The Balaban J connectivity index is 1.81. The molecular weight excluding hydrogens is 297 g/mol. The molecule has 1 aromatic heterocycles. The van der Waals surface area contributed by atoms with Crippen molar-refractivity contribution >= 4 is 16.9 Å². The molecule has 1 unspecified atom stereocenters. The van der Waals surface area contributed by atoms with Gasteiger partial charge in [-0.05, 0) is 31.4 Å². The molecule has 0 spiro atoms. The summed E-state index contributed by atoms with van der Waals surface area (Å²) in [4.78, 5) is 13.2. The predicted octanol–water partition coefficient (Wildman–Crippen LogP) is 2.37. The van der Waals surface area contributed by atoms with Gasteiger partial charge in [0.25, 0.3) is 0 Å². The lowest BCUT2D eigenvalue weighted by Crippen LogP contribution is -2.52. The lowest BCUT2D eigenvalue weighted by Gasteiger charge is -2.36. The van der Waals surface area contributed by atoms with Gasteiger partial charge in [-0.25, -0.2) is 4.68 Å². The number of carbonyl (C=O) groups excluding carboxylic acids is 1. The van der Waals surface area contributed by atoms with Crippen LogP contribution in [0, 0.1) is 0 Å². The molecular formula is C14H15F3N4O. The Hall–Kier alpha value is -2.12. The minimum absolute atomic E-state index is 0.0344. The first-order valence-corrected chi connectivity index (χ1v) is 7.11. The first kappa shape index (κ1) is 14.8. The first-order valence-electron chi connectivity index (χ1n) is 7.11. The van der Waals surface area contributed by atoms with Crippen molar-refractivity contribution in [1.82, 2.24) is 19.9 Å². The van der Waals surface area contributed by atoms with E-state index in [0.717, 1.165) is 4.90 Å². The fraction of sp³-hybridized carbons (Fsp3) is 0.500. The molecule has 0 N–H and O–H groups in total. The van der Waals surface area contributed by atoms with E-state index in [9.17, 15) is 18.0 Å². The normalized spacial score (nSPS) is 19.6. The van der Waals surface area contributed by atoms with Crippen molar-refractivity contribution in [2.75, 3.05) is 6.54 Å². The van der Waals surface area contributed by atoms with Gasteiger partial charge in [-0.15, -0.1) is 5.10 Å². The second kappa shape index (κ2) is 5.58. The van der Waals surface area contributed by atoms with Crippen molar-refractivity contribution in [2.24, 2.45) is 0 Å². The van der Waals surface area contributed by atoms with E-state index in [2.05, 4.69) is 10.3 Å². The summed E-state index contributed by atoms with van der Waals surface area (Å²) in [6.45, 7) is -0.0945. The van der Waals surface area contributed by atoms with Crippen LogP contribution in [-0.4, -0.2) is 44.6 Å². The average Bonchev–Trinajstić information content (AvgIpc) is 2.90. The summed E-state index contributed by atoms with van der Waals surface area (Å²) < 4.78 is 40.5. The number of fused-ring (bicyclic) bond motifs is 1. The van der Waals surface area contributed by atoms with Crippen LogP contribution in [0.4, 0.5) is 13.2 Å². The van der Waals surface area contributed by atoms with Gasteiger partial charge >= 0.3 is 6.18 Å². The number of para-hydroxylation sites is 1. The maximum absolute atomic E-state index is 13.1. The number of rotatable bonds is 2. The summed E-state index contributed by atoms with van der Waals surface area (Å²) in [5, 5.41) is 7.76. The maximum Gasteiger partial charge on any atom is 0.408 e. The summed E-state index contributed by atoms with van der Waals surface area (Å²) in [6, 6.07) is 5.34. The number of amides is 1. The van der Waals surface area contributed by atoms with Gasteiger partial charge in [0.1, 0.15) is 18.1 Å². The van der Waals surface area contributed by atoms with Crippen molar-refractivity contribution < 1.29 is 18.0 Å². The van der Waals surface area contributed by atoms with E-state index < -0.39 is 18.1 Å². The van der Waals surface area contributed by atoms with Gasteiger partial charge < -0.3 is 4.90 Å². The molecule has 0 aliphatic carbocycles. The van der Waals surface area contributed by atoms with Gasteiger partial charge in [0.2, 0.25) is 5.91 Å². The van der Waals surface area contributed by atoms with Gasteiger partial charge in [0, 0.05) is 6.54 Å². The van der Waals surface area contributed by atoms with Gasteiger partial charge in [0.15, 0.2) is 0 Å². The Kier molecular flexibility index (Phi) is 3.76. The van der Waals surface area contributed by atoms with Crippen LogP contribution < -0.4 is 0 Å². The number of halogens is 3. The van der Waals surface area contributed by atoms with Crippen LogP contribution in [0.2, 0.25) is 0 Å². The topological polar surface area (TPSA) is 51.0 Å². The molecule has 8 heteroatoms. The Morgan fingerprint density at radius 2 is 2.05 bits per heavy atom. The summed E-state index contributed by atoms with van der Waals surface area (Å²) in [5.41, 5.74) is 1.25. The van der Waals surface area contributed by atoms with Gasteiger partial charge in [-0.1, -0.05) is 17.3 Å². The number of hydrogen-bond acceptors (Lipinski definition) is 3. The van der Waals surface area contributed by atoms with E-state index in [-0.39, 0.29) is 19.5 Å². The van der Waals surface area contributed by atoms with E-state index in [4.69, 9.17) is 0 Å². The third-order valence-corrected chi connectivity index (χ3v) is 3.91. The van der Waals surface area contributed by atoms with Crippen LogP contribution in [0.3, 0.4) is 0 Å². The highest BCUT2D eigenvalue weighted by Gasteiger charge is 2.46. The molecule has 3 rings (SSSR count). The van der Waals surface area contributed by atoms with Crippen molar-refractivity contribution in [2.45, 2.75) is 38.0 Å². The van der Waals surface area contributed by atoms with Crippen molar-refractivity contribution in [3.63, 3.8) is 0 Å². The van der Waals surface area contributed by atoms with E-state index in [1.54, 1.807) is 24.3 Å². The fourth-order valence-corrected chi connectivity index (χ4v) is 2.82. The molecule has 1 aliphatic rings. The van der Waals surface area contributed by atoms with Gasteiger partial charge in [-0.3, -0.25) is 4.79 Å². The number of nitrogens with zero attached hydrogens (tertiary/aromatic N) is 4. The minimum Gasteiger partial charge on any atom is -0.329 e. The Bertz CT molecular complexity index is 682. The Labute approximate surface area is 124 Å². The quantitative estimate of drug-likeness (QED) is 0.855. The number of hydrogen-bond donors (Lipinski definition) is 0. The summed E-state index contributed by atoms with van der Waals surface area (Å²) >= 11 is 0. The molecule has 1 amide bonds. The molecule has 2 aromatic rings. The SMILES string of the molecule is O=C(Cn1nnc2ccccc21)N1CCCCC1C(F)(F)F. The zero-order valence-corrected chi connectivity index (χ0v) is 11.8. The van der Waals surface area contributed by atoms with E-state index in [0.29, 0.717) is 23.9 Å². The summed E-state index contributed by atoms with van der Waals surface area (Å²) in [7, 11) is 0. The summed E-state index contributed by atoms with van der Waals surface area (Å²) in [6.07, 6.45) is -3.34. The van der Waals surface area contributed by atoms with Crippen molar-refractivity contribution in [3.05, 3.63) is 24.3 Å². The molecule has 22 heavy (non-hydrogen) atoms. The van der Waals surface area contributed by atoms with Crippen LogP contribution in [-0.2, 0) is 11.3 Å². The third kappa shape index (κ3) is 2.77. The smallest absolute Gasteiger partial charge is 0.329 e. The Morgan fingerprint density at radius 3 is 2.82 bits per heavy atom. The molecule has 1 aromatic carbocycles. The maximum atomic E-state index is 13.1. The molecule has 1 aliphatic heterocycles. The highest BCUT2D eigenvalue weighted by molar-refractivity contribution is 5.80. The number of alkyl halides is 3. The van der Waals surface area contributed by atoms with Gasteiger partial charge in [0.05, 0.1) is 5.52 Å². The van der Waals surface area contributed by atoms with Crippen molar-refractivity contribution in [1.29, 1.82) is 0 Å². The second-order valence-corrected chi connectivity index (χ2v) is 5.38. The molecule has 0 saturated carbocycles. The zero-order valence-electron chi connectivity index (χ0n) is 11.8. The molecule has 118 valence electrons. The second-order valence-electron chi connectivity index (χ2n) is 5.38. The summed E-state index contributed by atoms with van der Waals surface area (Å²) in [5.74, 6) is -0.572. The highest BCUT2D eigenvalue weighted by Crippen LogP contribution is 2.32. The molecule has 2 heterocycles. The molecule has 0 radical (unpaired) electrons. The molecule has 1 saturated heterocycles. The van der Waals surface area contributed by atoms with E-state index in [1.165, 1.54) is 4.68 Å². The predicted molar refractivity (Wildman–Crippen MR) is 72.9 cm³/mol. The number of likely N-dealkylation sites (tertiary alicyclic amines) is 1. The highest BCUT2D eigenvalue weighted by atomic mass is 19.4. The largest absolute Gasteiger partial charge is 0.408 e.